The Kier molecular flexibility index (Phi) is 3.07. The average molecular weight is 209 g/mol. The monoisotopic (exact) mass is 209 g/mol. The summed E-state index contributed by atoms with van der Waals surface area (Å²) in [7, 11) is 0. The summed E-state index contributed by atoms with van der Waals surface area (Å²) in [6.07, 6.45) is 2.28. The van der Waals surface area contributed by atoms with Gasteiger partial charge in [0.05, 0.1) is 18.3 Å². The van der Waals surface area contributed by atoms with Gasteiger partial charge < -0.3 is 10.5 Å². The Balaban J connectivity index is 2.27. The van der Waals surface area contributed by atoms with Crippen LogP contribution < -0.4 is 5.73 Å². The quantitative estimate of drug-likeness (QED) is 0.799. The van der Waals surface area contributed by atoms with Crippen LogP contribution in [0.25, 0.3) is 0 Å². The molecule has 0 radical (unpaired) electrons. The van der Waals surface area contributed by atoms with Crippen LogP contribution in [0.4, 0.5) is 0 Å². The van der Waals surface area contributed by atoms with Gasteiger partial charge in [0.25, 0.3) is 0 Å². The van der Waals surface area contributed by atoms with Crippen LogP contribution in [0.5, 0.6) is 0 Å². The smallest absolute Gasteiger partial charge is 0.0756 e. The number of aryl methyl sites for hydroxylation is 1. The van der Waals surface area contributed by atoms with Gasteiger partial charge in [0.15, 0.2) is 0 Å². The molecule has 0 aromatic carbocycles. The maximum atomic E-state index is 5.71. The van der Waals surface area contributed by atoms with Gasteiger partial charge in [0, 0.05) is 24.4 Å². The van der Waals surface area contributed by atoms with Gasteiger partial charge >= 0.3 is 0 Å². The Morgan fingerprint density at radius 2 is 2.33 bits per heavy atom. The highest BCUT2D eigenvalue weighted by Crippen LogP contribution is 2.23. The van der Waals surface area contributed by atoms with E-state index in [1.54, 1.807) is 0 Å². The Bertz CT molecular complexity index is 340. The lowest BCUT2D eigenvalue weighted by molar-refractivity contribution is 0.0541. The second-order valence-electron chi connectivity index (χ2n) is 4.17. The molecule has 0 bridgehead atoms. The molecule has 15 heavy (non-hydrogen) atoms. The van der Waals surface area contributed by atoms with Crippen LogP contribution in [-0.4, -0.2) is 23.0 Å². The van der Waals surface area contributed by atoms with Crippen molar-refractivity contribution in [3.8, 4) is 0 Å². The van der Waals surface area contributed by atoms with Gasteiger partial charge in [-0.05, 0) is 26.7 Å². The topological polar surface area (TPSA) is 53.1 Å². The molecule has 1 atom stereocenters. The van der Waals surface area contributed by atoms with Crippen LogP contribution in [-0.2, 0) is 11.3 Å². The largest absolute Gasteiger partial charge is 0.379 e. The van der Waals surface area contributed by atoms with E-state index in [0.29, 0.717) is 12.6 Å². The third-order valence-corrected chi connectivity index (χ3v) is 3.16. The Morgan fingerprint density at radius 3 is 2.87 bits per heavy atom. The number of nitrogens with zero attached hydrogens (tertiary/aromatic N) is 2. The summed E-state index contributed by atoms with van der Waals surface area (Å²) in [5, 5.41) is 4.56. The fraction of sp³-hybridized carbons (Fsp3) is 0.727. The second-order valence-corrected chi connectivity index (χ2v) is 4.17. The maximum absolute atomic E-state index is 5.71. The summed E-state index contributed by atoms with van der Waals surface area (Å²) in [5.74, 6) is 0. The highest BCUT2D eigenvalue weighted by Gasteiger charge is 2.20. The van der Waals surface area contributed by atoms with Crippen molar-refractivity contribution in [2.45, 2.75) is 39.3 Å². The fourth-order valence-electron chi connectivity index (χ4n) is 2.26. The number of aromatic nitrogens is 2. The zero-order valence-corrected chi connectivity index (χ0v) is 9.49. The van der Waals surface area contributed by atoms with E-state index in [1.807, 2.05) is 6.92 Å². The molecule has 1 unspecified atom stereocenters. The van der Waals surface area contributed by atoms with Crippen molar-refractivity contribution in [1.29, 1.82) is 0 Å². The van der Waals surface area contributed by atoms with Crippen LogP contribution in [0.1, 0.15) is 35.8 Å². The zero-order valence-electron chi connectivity index (χ0n) is 9.49. The summed E-state index contributed by atoms with van der Waals surface area (Å²) in [4.78, 5) is 0. The lowest BCUT2D eigenvalue weighted by Gasteiger charge is -2.23. The lowest BCUT2D eigenvalue weighted by Crippen LogP contribution is -2.23. The van der Waals surface area contributed by atoms with Crippen LogP contribution in [0.15, 0.2) is 0 Å². The van der Waals surface area contributed by atoms with E-state index >= 15 is 0 Å². The number of hydrogen-bond donors (Lipinski definition) is 1. The zero-order chi connectivity index (χ0) is 10.8. The van der Waals surface area contributed by atoms with Crippen LogP contribution in [0, 0.1) is 13.8 Å². The van der Waals surface area contributed by atoms with Gasteiger partial charge in [-0.1, -0.05) is 0 Å². The highest BCUT2D eigenvalue weighted by atomic mass is 16.5. The van der Waals surface area contributed by atoms with Crippen molar-refractivity contribution in [3.63, 3.8) is 0 Å². The van der Waals surface area contributed by atoms with E-state index in [9.17, 15) is 0 Å². The highest BCUT2D eigenvalue weighted by molar-refractivity contribution is 5.24. The summed E-state index contributed by atoms with van der Waals surface area (Å²) in [5.41, 5.74) is 9.15. The Morgan fingerprint density at radius 1 is 1.53 bits per heavy atom. The second kappa shape index (κ2) is 4.33. The third-order valence-electron chi connectivity index (χ3n) is 3.16. The van der Waals surface area contributed by atoms with Crippen molar-refractivity contribution in [2.24, 2.45) is 5.73 Å². The molecule has 2 N–H and O–H groups in total. The van der Waals surface area contributed by atoms with Gasteiger partial charge in [0.1, 0.15) is 0 Å². The van der Waals surface area contributed by atoms with Gasteiger partial charge in [-0.15, -0.1) is 0 Å². The Labute approximate surface area is 90.4 Å². The molecule has 0 spiro atoms. The molecule has 4 heteroatoms. The van der Waals surface area contributed by atoms with E-state index in [0.717, 1.165) is 31.7 Å². The molecule has 2 rings (SSSR count). The molecule has 84 valence electrons. The minimum absolute atomic E-state index is 0.401. The van der Waals surface area contributed by atoms with Gasteiger partial charge in [-0.2, -0.15) is 5.10 Å². The van der Waals surface area contributed by atoms with E-state index in [-0.39, 0.29) is 0 Å². The molecule has 1 aromatic heterocycles. The average Bonchev–Trinajstić information content (AvgIpc) is 2.55. The normalized spacial score (nSPS) is 21.9. The minimum atomic E-state index is 0.401. The molecule has 4 nitrogen and oxygen atoms in total. The van der Waals surface area contributed by atoms with Gasteiger partial charge in [0.2, 0.25) is 0 Å². The van der Waals surface area contributed by atoms with Crippen molar-refractivity contribution >= 4 is 0 Å². The molecule has 0 aliphatic carbocycles. The van der Waals surface area contributed by atoms with Crippen molar-refractivity contribution in [3.05, 3.63) is 17.0 Å². The van der Waals surface area contributed by atoms with E-state index < -0.39 is 0 Å². The number of rotatable bonds is 2. The molecule has 0 amide bonds. The predicted octanol–water partition coefficient (Wildman–Crippen LogP) is 1.31. The SMILES string of the molecule is Cc1nn(C2CCCOC2)c(C)c1CN. The van der Waals surface area contributed by atoms with Crippen LogP contribution >= 0.6 is 0 Å². The van der Waals surface area contributed by atoms with Gasteiger partial charge in [-0.3, -0.25) is 4.68 Å². The van der Waals surface area contributed by atoms with Crippen LogP contribution in [0.3, 0.4) is 0 Å². The molecule has 1 aliphatic heterocycles. The molecular formula is C11H19N3O. The number of ether oxygens (including phenoxy) is 1. The van der Waals surface area contributed by atoms with Gasteiger partial charge in [-0.25, -0.2) is 0 Å². The summed E-state index contributed by atoms with van der Waals surface area (Å²) >= 11 is 0. The summed E-state index contributed by atoms with van der Waals surface area (Å²) in [6, 6.07) is 0.401. The maximum Gasteiger partial charge on any atom is 0.0756 e. The number of nitrogens with two attached hydrogens (primary N) is 1. The summed E-state index contributed by atoms with van der Waals surface area (Å²) in [6.45, 7) is 6.36. The molecule has 1 aliphatic rings. The summed E-state index contributed by atoms with van der Waals surface area (Å²) < 4.78 is 7.58. The van der Waals surface area contributed by atoms with Crippen molar-refractivity contribution in [1.82, 2.24) is 9.78 Å². The first-order valence-corrected chi connectivity index (χ1v) is 5.56. The molecular weight excluding hydrogens is 190 g/mol. The predicted molar refractivity (Wildman–Crippen MR) is 58.7 cm³/mol. The first-order valence-electron chi connectivity index (χ1n) is 5.56. The van der Waals surface area contributed by atoms with Crippen molar-refractivity contribution in [2.75, 3.05) is 13.2 Å². The number of hydrogen-bond acceptors (Lipinski definition) is 3. The standard InChI is InChI=1S/C11H19N3O/c1-8-11(6-12)9(2)14(13-8)10-4-3-5-15-7-10/h10H,3-7,12H2,1-2H3. The molecule has 1 saturated heterocycles. The van der Waals surface area contributed by atoms with Crippen molar-refractivity contribution < 1.29 is 4.74 Å². The van der Waals surface area contributed by atoms with E-state index in [4.69, 9.17) is 10.5 Å². The third kappa shape index (κ3) is 1.92. The molecule has 1 aromatic rings. The fourth-order valence-corrected chi connectivity index (χ4v) is 2.26. The molecule has 0 saturated carbocycles. The first-order chi connectivity index (χ1) is 7.24. The molecule has 2 heterocycles. The van der Waals surface area contributed by atoms with Crippen LogP contribution in [0.2, 0.25) is 0 Å². The van der Waals surface area contributed by atoms with E-state index in [1.165, 1.54) is 11.3 Å². The molecule has 1 fully saturated rings. The first kappa shape index (κ1) is 10.6. The van der Waals surface area contributed by atoms with E-state index in [2.05, 4.69) is 16.7 Å². The lowest BCUT2D eigenvalue weighted by atomic mass is 10.1. The Hall–Kier alpha value is -0.870. The minimum Gasteiger partial charge on any atom is -0.379 e.